The molecule has 1 aromatic rings. The standard InChI is InChI=1S/C16H21FN2O2.ClH/c17-14-3-1-2-13(10-14)15-11-19(8-9-21-15)16(20)12-4-6-18-7-5-12;/h1-3,10,12,15,18H,4-9,11H2;1H. The van der Waals surface area contributed by atoms with Gasteiger partial charge in [-0.15, -0.1) is 12.4 Å². The number of nitrogens with zero attached hydrogens (tertiary/aromatic N) is 1. The third-order valence-corrected chi connectivity index (χ3v) is 4.29. The van der Waals surface area contributed by atoms with Crippen LogP contribution in [-0.2, 0) is 9.53 Å². The van der Waals surface area contributed by atoms with E-state index < -0.39 is 0 Å². The van der Waals surface area contributed by atoms with Gasteiger partial charge in [0.15, 0.2) is 0 Å². The Morgan fingerprint density at radius 3 is 2.82 bits per heavy atom. The second kappa shape index (κ2) is 7.90. The van der Waals surface area contributed by atoms with E-state index in [1.54, 1.807) is 6.07 Å². The SMILES string of the molecule is Cl.O=C(C1CCNCC1)N1CCOC(c2cccc(F)c2)C1. The molecule has 122 valence electrons. The topological polar surface area (TPSA) is 41.6 Å². The zero-order valence-corrected chi connectivity index (χ0v) is 13.3. The van der Waals surface area contributed by atoms with E-state index in [2.05, 4.69) is 5.32 Å². The molecule has 0 aliphatic carbocycles. The molecule has 0 spiro atoms. The molecule has 1 unspecified atom stereocenters. The Hall–Kier alpha value is -1.17. The van der Waals surface area contributed by atoms with Crippen molar-refractivity contribution in [1.82, 2.24) is 10.2 Å². The lowest BCUT2D eigenvalue weighted by atomic mass is 9.96. The molecule has 3 rings (SSSR count). The molecule has 2 saturated heterocycles. The highest BCUT2D eigenvalue weighted by Gasteiger charge is 2.30. The molecule has 1 atom stereocenters. The largest absolute Gasteiger partial charge is 0.370 e. The van der Waals surface area contributed by atoms with E-state index in [0.717, 1.165) is 31.5 Å². The first-order valence-electron chi connectivity index (χ1n) is 7.60. The molecule has 0 saturated carbocycles. The molecule has 1 aromatic carbocycles. The summed E-state index contributed by atoms with van der Waals surface area (Å²) in [5.41, 5.74) is 0.804. The van der Waals surface area contributed by atoms with Gasteiger partial charge in [-0.1, -0.05) is 12.1 Å². The molecule has 1 amide bonds. The molecular formula is C16H22ClFN2O2. The normalized spacial score (nSPS) is 23.0. The van der Waals surface area contributed by atoms with Gasteiger partial charge in [0.2, 0.25) is 5.91 Å². The van der Waals surface area contributed by atoms with Crippen LogP contribution in [0.25, 0.3) is 0 Å². The molecule has 2 fully saturated rings. The van der Waals surface area contributed by atoms with Crippen molar-refractivity contribution in [3.63, 3.8) is 0 Å². The number of rotatable bonds is 2. The van der Waals surface area contributed by atoms with Crippen molar-refractivity contribution < 1.29 is 13.9 Å². The van der Waals surface area contributed by atoms with Crippen molar-refractivity contribution in [2.45, 2.75) is 18.9 Å². The molecule has 0 radical (unpaired) electrons. The van der Waals surface area contributed by atoms with Gasteiger partial charge in [-0.2, -0.15) is 0 Å². The number of ether oxygens (including phenoxy) is 1. The van der Waals surface area contributed by atoms with Gasteiger partial charge in [-0.3, -0.25) is 4.79 Å². The van der Waals surface area contributed by atoms with Gasteiger partial charge in [0.05, 0.1) is 13.2 Å². The maximum Gasteiger partial charge on any atom is 0.225 e. The quantitative estimate of drug-likeness (QED) is 0.904. The number of carbonyl (C=O) groups is 1. The molecule has 22 heavy (non-hydrogen) atoms. The fourth-order valence-electron chi connectivity index (χ4n) is 3.09. The lowest BCUT2D eigenvalue weighted by molar-refractivity contribution is -0.144. The number of morpholine rings is 1. The number of amides is 1. The second-order valence-corrected chi connectivity index (χ2v) is 5.72. The van der Waals surface area contributed by atoms with Gasteiger partial charge in [0.25, 0.3) is 0 Å². The van der Waals surface area contributed by atoms with Crippen molar-refractivity contribution in [2.75, 3.05) is 32.8 Å². The van der Waals surface area contributed by atoms with Crippen LogP contribution in [0.2, 0.25) is 0 Å². The van der Waals surface area contributed by atoms with Gasteiger partial charge in [-0.05, 0) is 43.6 Å². The first-order chi connectivity index (χ1) is 10.2. The summed E-state index contributed by atoms with van der Waals surface area (Å²) in [6, 6.07) is 6.45. The first-order valence-corrected chi connectivity index (χ1v) is 7.60. The van der Waals surface area contributed by atoms with Crippen LogP contribution in [0.3, 0.4) is 0 Å². The van der Waals surface area contributed by atoms with Crippen LogP contribution in [0, 0.1) is 11.7 Å². The Bertz CT molecular complexity index is 509. The molecule has 6 heteroatoms. The third-order valence-electron chi connectivity index (χ3n) is 4.29. The average Bonchev–Trinajstić information content (AvgIpc) is 2.55. The van der Waals surface area contributed by atoms with E-state index in [-0.39, 0.29) is 36.2 Å². The first kappa shape index (κ1) is 17.2. The lowest BCUT2D eigenvalue weighted by Gasteiger charge is -2.36. The molecular weight excluding hydrogens is 307 g/mol. The van der Waals surface area contributed by atoms with Crippen LogP contribution in [0.15, 0.2) is 24.3 Å². The third kappa shape index (κ3) is 3.97. The summed E-state index contributed by atoms with van der Waals surface area (Å²) in [6.07, 6.45) is 1.59. The fourth-order valence-corrected chi connectivity index (χ4v) is 3.09. The van der Waals surface area contributed by atoms with Crippen LogP contribution >= 0.6 is 12.4 Å². The predicted molar refractivity (Wildman–Crippen MR) is 84.5 cm³/mol. The summed E-state index contributed by atoms with van der Waals surface area (Å²) in [4.78, 5) is 14.4. The molecule has 0 aromatic heterocycles. The van der Waals surface area contributed by atoms with Gasteiger partial charge in [0, 0.05) is 12.5 Å². The van der Waals surface area contributed by atoms with E-state index >= 15 is 0 Å². The van der Waals surface area contributed by atoms with Gasteiger partial charge >= 0.3 is 0 Å². The number of hydrogen-bond acceptors (Lipinski definition) is 3. The molecule has 2 aliphatic rings. The number of carbonyl (C=O) groups excluding carboxylic acids is 1. The summed E-state index contributed by atoms with van der Waals surface area (Å²) in [7, 11) is 0. The lowest BCUT2D eigenvalue weighted by Crippen LogP contribution is -2.47. The Labute approximate surface area is 136 Å². The van der Waals surface area contributed by atoms with Crippen molar-refractivity contribution in [1.29, 1.82) is 0 Å². The maximum atomic E-state index is 13.3. The molecule has 2 aliphatic heterocycles. The summed E-state index contributed by atoms with van der Waals surface area (Å²) in [6.45, 7) is 3.49. The van der Waals surface area contributed by atoms with Crippen molar-refractivity contribution in [3.05, 3.63) is 35.6 Å². The summed E-state index contributed by atoms with van der Waals surface area (Å²) >= 11 is 0. The Morgan fingerprint density at radius 1 is 1.32 bits per heavy atom. The molecule has 0 bridgehead atoms. The Kier molecular flexibility index (Phi) is 6.17. The van der Waals surface area contributed by atoms with Crippen LogP contribution in [0.1, 0.15) is 24.5 Å². The highest BCUT2D eigenvalue weighted by Crippen LogP contribution is 2.25. The highest BCUT2D eigenvalue weighted by atomic mass is 35.5. The Balaban J connectivity index is 0.00000176. The van der Waals surface area contributed by atoms with Crippen LogP contribution in [0.4, 0.5) is 4.39 Å². The van der Waals surface area contributed by atoms with Crippen molar-refractivity contribution in [3.8, 4) is 0 Å². The molecule has 1 N–H and O–H groups in total. The van der Waals surface area contributed by atoms with E-state index in [1.807, 2.05) is 11.0 Å². The Morgan fingerprint density at radius 2 is 2.09 bits per heavy atom. The minimum atomic E-state index is -0.266. The predicted octanol–water partition coefficient (Wildman–Crippen LogP) is 2.15. The van der Waals surface area contributed by atoms with E-state index in [4.69, 9.17) is 4.74 Å². The zero-order chi connectivity index (χ0) is 14.7. The smallest absolute Gasteiger partial charge is 0.225 e. The fraction of sp³-hybridized carbons (Fsp3) is 0.562. The van der Waals surface area contributed by atoms with Gasteiger partial charge in [0.1, 0.15) is 11.9 Å². The number of benzene rings is 1. The molecule has 4 nitrogen and oxygen atoms in total. The zero-order valence-electron chi connectivity index (χ0n) is 12.5. The van der Waals surface area contributed by atoms with E-state index in [9.17, 15) is 9.18 Å². The highest BCUT2D eigenvalue weighted by molar-refractivity contribution is 5.85. The van der Waals surface area contributed by atoms with E-state index in [0.29, 0.717) is 19.7 Å². The van der Waals surface area contributed by atoms with Gasteiger partial charge in [-0.25, -0.2) is 4.39 Å². The minimum Gasteiger partial charge on any atom is -0.370 e. The number of piperidine rings is 1. The summed E-state index contributed by atoms with van der Waals surface area (Å²) in [5, 5.41) is 3.28. The summed E-state index contributed by atoms with van der Waals surface area (Å²) in [5.74, 6) is 0.0802. The monoisotopic (exact) mass is 328 g/mol. The van der Waals surface area contributed by atoms with Crippen LogP contribution < -0.4 is 5.32 Å². The minimum absolute atomic E-state index is 0. The van der Waals surface area contributed by atoms with Gasteiger partial charge < -0.3 is 15.0 Å². The van der Waals surface area contributed by atoms with E-state index in [1.165, 1.54) is 12.1 Å². The van der Waals surface area contributed by atoms with Crippen LogP contribution in [-0.4, -0.2) is 43.6 Å². The maximum absolute atomic E-state index is 13.3. The number of nitrogens with one attached hydrogen (secondary N) is 1. The number of hydrogen-bond donors (Lipinski definition) is 1. The molecule has 2 heterocycles. The summed E-state index contributed by atoms with van der Waals surface area (Å²) < 4.78 is 19.0. The van der Waals surface area contributed by atoms with Crippen LogP contribution in [0.5, 0.6) is 0 Å². The van der Waals surface area contributed by atoms with Crippen molar-refractivity contribution in [2.24, 2.45) is 5.92 Å². The average molecular weight is 329 g/mol. The number of halogens is 2. The second-order valence-electron chi connectivity index (χ2n) is 5.72. The van der Waals surface area contributed by atoms with Crippen molar-refractivity contribution >= 4 is 18.3 Å².